The molecule has 0 bridgehead atoms. The Kier molecular flexibility index (Phi) is 4.84. The van der Waals surface area contributed by atoms with Gasteiger partial charge in [-0.25, -0.2) is 0 Å². The first-order valence-corrected chi connectivity index (χ1v) is 8.87. The zero-order valence-electron chi connectivity index (χ0n) is 13.5. The Morgan fingerprint density at radius 2 is 1.95 bits per heavy atom. The first-order chi connectivity index (χ1) is 10.3. The lowest BCUT2D eigenvalue weighted by Gasteiger charge is -2.41. The molecule has 2 aliphatic rings. The van der Waals surface area contributed by atoms with E-state index >= 15 is 0 Å². The topological polar surface area (TPSA) is 15.3 Å². The minimum Gasteiger partial charge on any atom is -0.370 e. The van der Waals surface area contributed by atoms with Gasteiger partial charge >= 0.3 is 0 Å². The lowest BCUT2D eigenvalue weighted by atomic mass is 9.73. The molecule has 0 amide bonds. The van der Waals surface area contributed by atoms with Gasteiger partial charge < -0.3 is 10.2 Å². The van der Waals surface area contributed by atoms with Gasteiger partial charge in [0.2, 0.25) is 0 Å². The molecule has 0 spiro atoms. The Hall–Kier alpha value is -1.02. The van der Waals surface area contributed by atoms with Crippen molar-refractivity contribution in [2.45, 2.75) is 51.9 Å². The molecular formula is C19H30N2. The van der Waals surface area contributed by atoms with Crippen molar-refractivity contribution in [2.24, 2.45) is 5.41 Å². The van der Waals surface area contributed by atoms with E-state index < -0.39 is 0 Å². The quantitative estimate of drug-likeness (QED) is 0.795. The molecule has 1 aromatic carbocycles. The standard InChI is InChI=1S/C19H30N2/c1-2-13-20-15-19(11-6-3-7-12-19)16-21-14-10-17-8-4-5-9-18(17)21/h4-5,8-9,20H,2-3,6-7,10-16H2,1H3. The van der Waals surface area contributed by atoms with E-state index in [1.807, 2.05) is 0 Å². The second-order valence-electron chi connectivity index (χ2n) is 7.04. The summed E-state index contributed by atoms with van der Waals surface area (Å²) in [7, 11) is 0. The van der Waals surface area contributed by atoms with Gasteiger partial charge in [0.15, 0.2) is 0 Å². The molecule has 1 fully saturated rings. The largest absolute Gasteiger partial charge is 0.370 e. The molecule has 0 aromatic heterocycles. The van der Waals surface area contributed by atoms with Crippen LogP contribution in [0.1, 0.15) is 51.0 Å². The molecule has 21 heavy (non-hydrogen) atoms. The lowest BCUT2D eigenvalue weighted by molar-refractivity contribution is 0.188. The summed E-state index contributed by atoms with van der Waals surface area (Å²) in [5.41, 5.74) is 3.55. The molecule has 2 nitrogen and oxygen atoms in total. The number of hydrogen-bond acceptors (Lipinski definition) is 2. The third-order valence-corrected chi connectivity index (χ3v) is 5.35. The van der Waals surface area contributed by atoms with Crippen LogP contribution in [0.2, 0.25) is 0 Å². The molecule has 1 heterocycles. The van der Waals surface area contributed by atoms with Gasteiger partial charge in [-0.15, -0.1) is 0 Å². The molecule has 3 rings (SSSR count). The molecule has 1 aliphatic heterocycles. The fourth-order valence-corrected chi connectivity index (χ4v) is 4.20. The van der Waals surface area contributed by atoms with Crippen LogP contribution in [0.25, 0.3) is 0 Å². The molecular weight excluding hydrogens is 256 g/mol. The van der Waals surface area contributed by atoms with Gasteiger partial charge in [-0.2, -0.15) is 0 Å². The molecule has 1 N–H and O–H groups in total. The smallest absolute Gasteiger partial charge is 0.0399 e. The number of benzene rings is 1. The minimum atomic E-state index is 0.505. The first kappa shape index (κ1) is 14.9. The lowest BCUT2D eigenvalue weighted by Crippen LogP contribution is -2.45. The van der Waals surface area contributed by atoms with E-state index in [1.54, 1.807) is 5.56 Å². The molecule has 1 aliphatic carbocycles. The molecule has 0 radical (unpaired) electrons. The molecule has 1 saturated carbocycles. The van der Waals surface area contributed by atoms with Crippen LogP contribution in [0.5, 0.6) is 0 Å². The summed E-state index contributed by atoms with van der Waals surface area (Å²) in [6, 6.07) is 9.00. The van der Waals surface area contributed by atoms with Gasteiger partial charge in [0.05, 0.1) is 0 Å². The maximum absolute atomic E-state index is 3.72. The maximum Gasteiger partial charge on any atom is 0.0399 e. The van der Waals surface area contributed by atoms with Crippen molar-refractivity contribution in [1.82, 2.24) is 5.32 Å². The Morgan fingerprint density at radius 3 is 2.76 bits per heavy atom. The monoisotopic (exact) mass is 286 g/mol. The van der Waals surface area contributed by atoms with E-state index in [2.05, 4.69) is 41.4 Å². The number of rotatable bonds is 6. The van der Waals surface area contributed by atoms with E-state index in [9.17, 15) is 0 Å². The van der Waals surface area contributed by atoms with Crippen molar-refractivity contribution >= 4 is 5.69 Å². The number of hydrogen-bond donors (Lipinski definition) is 1. The summed E-state index contributed by atoms with van der Waals surface area (Å²) in [6.45, 7) is 7.10. The van der Waals surface area contributed by atoms with E-state index in [0.29, 0.717) is 5.41 Å². The Bertz CT molecular complexity index is 449. The number of para-hydroxylation sites is 1. The van der Waals surface area contributed by atoms with Crippen LogP contribution in [0.15, 0.2) is 24.3 Å². The molecule has 0 unspecified atom stereocenters. The highest BCUT2D eigenvalue weighted by Crippen LogP contribution is 2.39. The van der Waals surface area contributed by atoms with Crippen molar-refractivity contribution in [1.29, 1.82) is 0 Å². The van der Waals surface area contributed by atoms with Crippen LogP contribution in [0, 0.1) is 5.41 Å². The van der Waals surface area contributed by atoms with E-state index in [-0.39, 0.29) is 0 Å². The first-order valence-electron chi connectivity index (χ1n) is 8.87. The highest BCUT2D eigenvalue weighted by Gasteiger charge is 2.35. The zero-order valence-corrected chi connectivity index (χ0v) is 13.5. The van der Waals surface area contributed by atoms with E-state index in [1.165, 1.54) is 76.8 Å². The van der Waals surface area contributed by atoms with Gasteiger partial charge in [0, 0.05) is 30.7 Å². The predicted octanol–water partition coefficient (Wildman–Crippen LogP) is 4.00. The normalized spacial score (nSPS) is 20.5. The van der Waals surface area contributed by atoms with Crippen LogP contribution in [0.3, 0.4) is 0 Å². The number of anilines is 1. The van der Waals surface area contributed by atoms with Gasteiger partial charge in [0.25, 0.3) is 0 Å². The molecule has 0 atom stereocenters. The van der Waals surface area contributed by atoms with Crippen LogP contribution >= 0.6 is 0 Å². The summed E-state index contributed by atoms with van der Waals surface area (Å²) >= 11 is 0. The van der Waals surface area contributed by atoms with Crippen molar-refractivity contribution in [3.63, 3.8) is 0 Å². The highest BCUT2D eigenvalue weighted by atomic mass is 15.2. The average Bonchev–Trinajstić information content (AvgIpc) is 2.92. The maximum atomic E-state index is 3.72. The van der Waals surface area contributed by atoms with Crippen molar-refractivity contribution in [3.05, 3.63) is 29.8 Å². The number of fused-ring (bicyclic) bond motifs is 1. The van der Waals surface area contributed by atoms with E-state index in [0.717, 1.165) is 0 Å². The third kappa shape index (κ3) is 3.42. The van der Waals surface area contributed by atoms with Crippen molar-refractivity contribution < 1.29 is 0 Å². The number of nitrogens with one attached hydrogen (secondary N) is 1. The minimum absolute atomic E-state index is 0.505. The Labute approximate surface area is 129 Å². The third-order valence-electron chi connectivity index (χ3n) is 5.35. The summed E-state index contributed by atoms with van der Waals surface area (Å²) in [4.78, 5) is 2.66. The van der Waals surface area contributed by atoms with Crippen LogP contribution in [-0.2, 0) is 6.42 Å². The predicted molar refractivity (Wildman–Crippen MR) is 91.0 cm³/mol. The number of nitrogens with zero attached hydrogens (tertiary/aromatic N) is 1. The fraction of sp³-hybridized carbons (Fsp3) is 0.684. The molecule has 0 saturated heterocycles. The highest BCUT2D eigenvalue weighted by molar-refractivity contribution is 5.58. The summed E-state index contributed by atoms with van der Waals surface area (Å²) < 4.78 is 0. The fourth-order valence-electron chi connectivity index (χ4n) is 4.20. The average molecular weight is 286 g/mol. The van der Waals surface area contributed by atoms with Gasteiger partial charge in [0.1, 0.15) is 0 Å². The Morgan fingerprint density at radius 1 is 1.14 bits per heavy atom. The SMILES string of the molecule is CCCNCC1(CN2CCc3ccccc32)CCCCC1. The van der Waals surface area contributed by atoms with Gasteiger partial charge in [-0.05, 0) is 43.9 Å². The van der Waals surface area contributed by atoms with E-state index in [4.69, 9.17) is 0 Å². The van der Waals surface area contributed by atoms with Gasteiger partial charge in [-0.3, -0.25) is 0 Å². The Balaban J connectivity index is 1.70. The second kappa shape index (κ2) is 6.83. The van der Waals surface area contributed by atoms with Crippen LogP contribution in [0.4, 0.5) is 5.69 Å². The molecule has 116 valence electrons. The molecule has 1 aromatic rings. The molecule has 2 heteroatoms. The zero-order chi connectivity index (χ0) is 14.5. The second-order valence-corrected chi connectivity index (χ2v) is 7.04. The summed E-state index contributed by atoms with van der Waals surface area (Å²) in [6.07, 6.45) is 9.56. The summed E-state index contributed by atoms with van der Waals surface area (Å²) in [5, 5.41) is 3.72. The summed E-state index contributed by atoms with van der Waals surface area (Å²) in [5.74, 6) is 0. The van der Waals surface area contributed by atoms with Crippen molar-refractivity contribution in [2.75, 3.05) is 31.1 Å². The van der Waals surface area contributed by atoms with Gasteiger partial charge in [-0.1, -0.05) is 44.4 Å². The van der Waals surface area contributed by atoms with Crippen LogP contribution < -0.4 is 10.2 Å². The van der Waals surface area contributed by atoms with Crippen molar-refractivity contribution in [3.8, 4) is 0 Å². The van der Waals surface area contributed by atoms with Crippen LogP contribution in [-0.4, -0.2) is 26.2 Å².